The first-order valence-corrected chi connectivity index (χ1v) is 14.0. The van der Waals surface area contributed by atoms with E-state index in [1.807, 2.05) is 19.9 Å². The van der Waals surface area contributed by atoms with Crippen molar-refractivity contribution < 1.29 is 49.3 Å². The van der Waals surface area contributed by atoms with Crippen molar-refractivity contribution in [2.45, 2.75) is 121 Å². The number of hydrogen-bond donors (Lipinski definition) is 7. The molecule has 3 aliphatic rings. The van der Waals surface area contributed by atoms with Gasteiger partial charge in [0, 0.05) is 19.3 Å². The molecule has 12 heteroatoms. The van der Waals surface area contributed by atoms with Gasteiger partial charge in [-0.25, -0.2) is 0 Å². The molecule has 0 aromatic heterocycles. The van der Waals surface area contributed by atoms with E-state index in [-0.39, 0.29) is 37.1 Å². The zero-order valence-corrected chi connectivity index (χ0v) is 23.6. The lowest BCUT2D eigenvalue weighted by molar-refractivity contribution is -0.307. The number of ether oxygens (including phenoxy) is 4. The Kier molecular flexibility index (Phi) is 11.3. The van der Waals surface area contributed by atoms with Gasteiger partial charge >= 0.3 is 0 Å². The highest BCUT2D eigenvalue weighted by Gasteiger charge is 2.51. The standard InChI is InChI=1S/C27H48N2O10/c1-13(2)6-7-17(38-26-24(33)22(28)23(32)15(5)37-26)8-20-21(25(34)29-16-11-36-12-16)19(31)10-27(35,39-20)9-18(30)14(3)4/h6-7,13-24,26,30-33,35H,8-12,28H2,1-5H3,(H,29,34)/b7-6+/t15?,17-,18+,19-,20-,21+,22?,23?,24?,26?,27+/m0/s1. The fourth-order valence-corrected chi connectivity index (χ4v) is 5.06. The molecule has 0 aliphatic carbocycles. The maximum Gasteiger partial charge on any atom is 0.228 e. The molecule has 11 atom stereocenters. The fourth-order valence-electron chi connectivity index (χ4n) is 5.06. The van der Waals surface area contributed by atoms with Crippen LogP contribution in [-0.4, -0.2) is 112 Å². The molecule has 226 valence electrons. The second-order valence-electron chi connectivity index (χ2n) is 12.0. The van der Waals surface area contributed by atoms with Crippen molar-refractivity contribution in [1.29, 1.82) is 0 Å². The monoisotopic (exact) mass is 560 g/mol. The summed E-state index contributed by atoms with van der Waals surface area (Å²) in [5.74, 6) is -3.38. The molecular weight excluding hydrogens is 512 g/mol. The van der Waals surface area contributed by atoms with Crippen LogP contribution < -0.4 is 11.1 Å². The maximum absolute atomic E-state index is 13.3. The van der Waals surface area contributed by atoms with E-state index in [1.165, 1.54) is 0 Å². The molecule has 0 aromatic carbocycles. The Bertz CT molecular complexity index is 824. The summed E-state index contributed by atoms with van der Waals surface area (Å²) < 4.78 is 23.1. The predicted octanol–water partition coefficient (Wildman–Crippen LogP) is -0.856. The number of nitrogens with one attached hydrogen (secondary N) is 1. The van der Waals surface area contributed by atoms with Crippen molar-refractivity contribution in [3.8, 4) is 0 Å². The highest BCUT2D eigenvalue weighted by molar-refractivity contribution is 5.80. The lowest BCUT2D eigenvalue weighted by Crippen LogP contribution is -2.62. The highest BCUT2D eigenvalue weighted by atomic mass is 16.7. The Morgan fingerprint density at radius 1 is 1.15 bits per heavy atom. The van der Waals surface area contributed by atoms with Gasteiger partial charge in [0.2, 0.25) is 5.91 Å². The normalized spacial score (nSPS) is 39.6. The van der Waals surface area contributed by atoms with Crippen LogP contribution in [0.25, 0.3) is 0 Å². The van der Waals surface area contributed by atoms with Gasteiger partial charge in [0.15, 0.2) is 12.1 Å². The van der Waals surface area contributed by atoms with Gasteiger partial charge in [-0.1, -0.05) is 39.8 Å². The molecule has 3 heterocycles. The number of nitrogens with two attached hydrogens (primary N) is 1. The van der Waals surface area contributed by atoms with Crippen molar-refractivity contribution in [3.63, 3.8) is 0 Å². The van der Waals surface area contributed by atoms with Gasteiger partial charge in [-0.05, 0) is 18.8 Å². The summed E-state index contributed by atoms with van der Waals surface area (Å²) in [5.41, 5.74) is 5.98. The molecule has 12 nitrogen and oxygen atoms in total. The summed E-state index contributed by atoms with van der Waals surface area (Å²) in [7, 11) is 0. The Balaban J connectivity index is 1.86. The second kappa shape index (κ2) is 13.6. The summed E-state index contributed by atoms with van der Waals surface area (Å²) in [6.07, 6.45) is -4.97. The largest absolute Gasteiger partial charge is 0.393 e. The summed E-state index contributed by atoms with van der Waals surface area (Å²) in [4.78, 5) is 13.3. The molecule has 0 bridgehead atoms. The SMILES string of the molecule is CC(C)/C=C/[C@@H](C[C@@H]1O[C@](O)(C[C@@H](O)C(C)C)C[C@H](O)[C@H]1C(=O)NC1COC1)OC1OC(C)C(O)C(N)C1O. The van der Waals surface area contributed by atoms with Gasteiger partial charge in [-0.3, -0.25) is 4.79 Å². The van der Waals surface area contributed by atoms with Crippen LogP contribution in [0.4, 0.5) is 0 Å². The molecule has 8 N–H and O–H groups in total. The Hall–Kier alpha value is -1.19. The number of carbonyl (C=O) groups excluding carboxylic acids is 1. The molecule has 0 aromatic rings. The van der Waals surface area contributed by atoms with Crippen LogP contribution in [0.5, 0.6) is 0 Å². The van der Waals surface area contributed by atoms with Gasteiger partial charge in [-0.15, -0.1) is 0 Å². The van der Waals surface area contributed by atoms with Crippen LogP contribution in [0.2, 0.25) is 0 Å². The first kappa shape index (κ1) is 32.3. The van der Waals surface area contributed by atoms with Gasteiger partial charge in [-0.2, -0.15) is 0 Å². The third-order valence-electron chi connectivity index (χ3n) is 7.68. The second-order valence-corrected chi connectivity index (χ2v) is 12.0. The number of hydrogen-bond acceptors (Lipinski definition) is 11. The molecule has 3 fully saturated rings. The summed E-state index contributed by atoms with van der Waals surface area (Å²) in [6, 6.07) is -1.17. The molecule has 0 radical (unpaired) electrons. The molecular formula is C27H48N2O10. The molecule has 0 saturated carbocycles. The Morgan fingerprint density at radius 2 is 1.82 bits per heavy atom. The average Bonchev–Trinajstić information content (AvgIpc) is 2.81. The summed E-state index contributed by atoms with van der Waals surface area (Å²) in [6.45, 7) is 9.91. The van der Waals surface area contributed by atoms with E-state index in [0.717, 1.165) is 0 Å². The van der Waals surface area contributed by atoms with E-state index in [4.69, 9.17) is 24.7 Å². The molecule has 39 heavy (non-hydrogen) atoms. The van der Waals surface area contributed by atoms with Gasteiger partial charge < -0.3 is 55.5 Å². The fraction of sp³-hybridized carbons (Fsp3) is 0.889. The molecule has 0 spiro atoms. The van der Waals surface area contributed by atoms with Crippen molar-refractivity contribution in [2.75, 3.05) is 13.2 Å². The maximum atomic E-state index is 13.3. The van der Waals surface area contributed by atoms with Crippen LogP contribution in [0.15, 0.2) is 12.2 Å². The summed E-state index contributed by atoms with van der Waals surface area (Å²) >= 11 is 0. The van der Waals surface area contributed by atoms with E-state index >= 15 is 0 Å². The third-order valence-corrected chi connectivity index (χ3v) is 7.68. The van der Waals surface area contributed by atoms with Crippen molar-refractivity contribution >= 4 is 5.91 Å². The minimum absolute atomic E-state index is 0.0123. The Labute approximate surface area is 230 Å². The van der Waals surface area contributed by atoms with Crippen molar-refractivity contribution in [2.24, 2.45) is 23.5 Å². The van der Waals surface area contributed by atoms with Crippen LogP contribution in [0, 0.1) is 17.8 Å². The van der Waals surface area contributed by atoms with Crippen LogP contribution in [-0.2, 0) is 23.7 Å². The van der Waals surface area contributed by atoms with E-state index in [1.54, 1.807) is 26.8 Å². The topological polar surface area (TPSA) is 193 Å². The number of aliphatic hydroxyl groups excluding tert-OH is 4. The number of aliphatic hydroxyl groups is 5. The van der Waals surface area contributed by atoms with Gasteiger partial charge in [0.25, 0.3) is 0 Å². The molecule has 3 rings (SSSR count). The summed E-state index contributed by atoms with van der Waals surface area (Å²) in [5, 5.41) is 56.5. The van der Waals surface area contributed by atoms with Crippen molar-refractivity contribution in [3.05, 3.63) is 12.2 Å². The zero-order chi connectivity index (χ0) is 29.1. The number of allylic oxidation sites excluding steroid dienone is 1. The smallest absolute Gasteiger partial charge is 0.228 e. The molecule has 1 amide bonds. The van der Waals surface area contributed by atoms with E-state index in [2.05, 4.69) is 5.32 Å². The van der Waals surface area contributed by atoms with Crippen LogP contribution in [0.3, 0.4) is 0 Å². The van der Waals surface area contributed by atoms with Crippen molar-refractivity contribution in [1.82, 2.24) is 5.32 Å². The number of amides is 1. The first-order valence-electron chi connectivity index (χ1n) is 14.0. The minimum atomic E-state index is -1.88. The van der Waals surface area contributed by atoms with Crippen LogP contribution in [0.1, 0.15) is 53.9 Å². The van der Waals surface area contributed by atoms with E-state index in [0.29, 0.717) is 13.2 Å². The molecule has 3 aliphatic heterocycles. The number of rotatable bonds is 11. The predicted molar refractivity (Wildman–Crippen MR) is 140 cm³/mol. The zero-order valence-electron chi connectivity index (χ0n) is 23.6. The minimum Gasteiger partial charge on any atom is -0.393 e. The van der Waals surface area contributed by atoms with Gasteiger partial charge in [0.05, 0.1) is 67.8 Å². The Morgan fingerprint density at radius 3 is 2.38 bits per heavy atom. The molecule has 3 saturated heterocycles. The molecule has 5 unspecified atom stereocenters. The van der Waals surface area contributed by atoms with E-state index < -0.39 is 72.7 Å². The quantitative estimate of drug-likeness (QED) is 0.156. The highest BCUT2D eigenvalue weighted by Crippen LogP contribution is 2.38. The van der Waals surface area contributed by atoms with E-state index in [9.17, 15) is 30.3 Å². The van der Waals surface area contributed by atoms with Crippen LogP contribution >= 0.6 is 0 Å². The number of carbonyl (C=O) groups is 1. The lowest BCUT2D eigenvalue weighted by atomic mass is 9.81. The first-order chi connectivity index (χ1) is 18.2. The average molecular weight is 561 g/mol. The third kappa shape index (κ3) is 8.41. The van der Waals surface area contributed by atoms with Gasteiger partial charge in [0.1, 0.15) is 6.10 Å². The lowest BCUT2D eigenvalue weighted by Gasteiger charge is -2.46.